The van der Waals surface area contributed by atoms with Crippen LogP contribution in [-0.4, -0.2) is 40.5 Å². The highest BCUT2D eigenvalue weighted by Gasteiger charge is 2.32. The summed E-state index contributed by atoms with van der Waals surface area (Å²) < 4.78 is 83.3. The van der Waals surface area contributed by atoms with E-state index >= 15 is 4.39 Å². The molecule has 1 fully saturated rings. The molecule has 2 aromatic carbocycles. The second-order valence-electron chi connectivity index (χ2n) is 9.05. The second-order valence-corrected chi connectivity index (χ2v) is 11.9. The fraction of sp³-hybridized carbons (Fsp3) is 0.259. The van der Waals surface area contributed by atoms with Crippen molar-refractivity contribution in [3.8, 4) is 21.7 Å². The molecule has 1 aliphatic rings. The zero-order valence-electron chi connectivity index (χ0n) is 21.2. The number of methoxy groups -OCH3 is 1. The number of rotatable bonds is 8. The molecule has 3 heterocycles. The number of nitrogens with zero attached hydrogens (tertiary/aromatic N) is 3. The fourth-order valence-electron chi connectivity index (χ4n) is 4.47. The van der Waals surface area contributed by atoms with E-state index in [4.69, 9.17) is 14.5 Å². The van der Waals surface area contributed by atoms with Crippen molar-refractivity contribution in [1.82, 2.24) is 4.98 Å². The first-order valence-corrected chi connectivity index (χ1v) is 14.5. The molecule has 0 amide bonds. The van der Waals surface area contributed by atoms with Crippen LogP contribution in [0.1, 0.15) is 23.8 Å². The molecule has 0 aliphatic carbocycles. The average Bonchev–Trinajstić information content (AvgIpc) is 3.39. The van der Waals surface area contributed by atoms with E-state index in [1.54, 1.807) is 12.1 Å². The van der Waals surface area contributed by atoms with E-state index < -0.39 is 44.8 Å². The minimum Gasteiger partial charge on any atom is -0.619 e. The van der Waals surface area contributed by atoms with Gasteiger partial charge in [-0.05, 0) is 43.2 Å². The van der Waals surface area contributed by atoms with Crippen LogP contribution in [0.25, 0.3) is 21.7 Å². The molecule has 13 heteroatoms. The largest absolute Gasteiger partial charge is 0.619 e. The average molecular weight is 592 g/mol. The van der Waals surface area contributed by atoms with E-state index in [9.17, 15) is 22.4 Å². The van der Waals surface area contributed by atoms with Gasteiger partial charge in [-0.15, -0.1) is 11.3 Å². The number of ether oxygens (including phenoxy) is 2. The Morgan fingerprint density at radius 3 is 2.55 bits per heavy atom. The van der Waals surface area contributed by atoms with E-state index in [2.05, 4.69) is 0 Å². The van der Waals surface area contributed by atoms with Crippen LogP contribution in [0.3, 0.4) is 0 Å². The normalized spacial score (nSPS) is 14.4. The van der Waals surface area contributed by atoms with Gasteiger partial charge in [0.05, 0.1) is 21.3 Å². The fourth-order valence-corrected chi connectivity index (χ4v) is 7.18. The van der Waals surface area contributed by atoms with Gasteiger partial charge in [0.1, 0.15) is 23.3 Å². The maximum Gasteiger partial charge on any atom is 0.269 e. The van der Waals surface area contributed by atoms with Crippen molar-refractivity contribution in [2.75, 3.05) is 31.4 Å². The Kier molecular flexibility index (Phi) is 8.08. The Bertz CT molecular complexity index is 1630. The van der Waals surface area contributed by atoms with Gasteiger partial charge in [-0.2, -0.15) is 4.73 Å². The Labute approximate surface area is 232 Å². The lowest BCUT2D eigenvalue weighted by Gasteiger charge is -2.25. The maximum absolute atomic E-state index is 16.3. The topological polar surface area (TPSA) is 95.7 Å². The van der Waals surface area contributed by atoms with Gasteiger partial charge in [0.2, 0.25) is 0 Å². The molecule has 4 aromatic rings. The predicted octanol–water partition coefficient (Wildman–Crippen LogP) is 5.22. The van der Waals surface area contributed by atoms with Crippen LogP contribution in [0.15, 0.2) is 65.8 Å². The zero-order valence-corrected chi connectivity index (χ0v) is 22.9. The van der Waals surface area contributed by atoms with E-state index in [0.717, 1.165) is 23.9 Å². The van der Waals surface area contributed by atoms with Crippen LogP contribution < -0.4 is 9.04 Å². The lowest BCUT2D eigenvalue weighted by Crippen LogP contribution is -2.34. The summed E-state index contributed by atoms with van der Waals surface area (Å²) in [5, 5.41) is 12.4. The number of benzene rings is 2. The van der Waals surface area contributed by atoms with Gasteiger partial charge in [-0.1, -0.05) is 6.07 Å². The summed E-state index contributed by atoms with van der Waals surface area (Å²) in [6.07, 6.45) is 4.12. The molecule has 0 spiro atoms. The third-order valence-corrected chi connectivity index (χ3v) is 9.51. The number of thiazole rings is 1. The van der Waals surface area contributed by atoms with Crippen LogP contribution in [-0.2, 0) is 19.5 Å². The monoisotopic (exact) mass is 591 g/mol. The van der Waals surface area contributed by atoms with Gasteiger partial charge in [0, 0.05) is 49.5 Å². The number of anilines is 1. The van der Waals surface area contributed by atoms with Gasteiger partial charge in [-0.3, -0.25) is 0 Å². The molecule has 1 aliphatic heterocycles. The molecular formula is C27H24F3N3O5S2. The molecular weight excluding hydrogens is 567 g/mol. The molecule has 0 N–H and O–H groups in total. The van der Waals surface area contributed by atoms with Crippen LogP contribution in [0.2, 0.25) is 0 Å². The Morgan fingerprint density at radius 2 is 1.85 bits per heavy atom. The zero-order chi connectivity index (χ0) is 28.4. The molecule has 0 bridgehead atoms. The molecule has 0 radical (unpaired) electrons. The molecule has 8 nitrogen and oxygen atoms in total. The van der Waals surface area contributed by atoms with E-state index in [-0.39, 0.29) is 17.2 Å². The van der Waals surface area contributed by atoms with Gasteiger partial charge >= 0.3 is 0 Å². The quantitative estimate of drug-likeness (QED) is 0.158. The molecule has 0 atom stereocenters. The van der Waals surface area contributed by atoms with Crippen LogP contribution in [0.4, 0.5) is 18.9 Å². The van der Waals surface area contributed by atoms with Crippen molar-refractivity contribution in [1.29, 1.82) is 0 Å². The summed E-state index contributed by atoms with van der Waals surface area (Å²) in [4.78, 5) is 4.42. The smallest absolute Gasteiger partial charge is 0.269 e. The maximum atomic E-state index is 16.3. The highest BCUT2D eigenvalue weighted by Crippen LogP contribution is 2.43. The highest BCUT2D eigenvalue weighted by molar-refractivity contribution is 7.92. The minimum absolute atomic E-state index is 0.00284. The highest BCUT2D eigenvalue weighted by atomic mass is 32.2. The van der Waals surface area contributed by atoms with E-state index in [1.807, 2.05) is 0 Å². The Balaban J connectivity index is 1.66. The van der Waals surface area contributed by atoms with Crippen LogP contribution in [0.5, 0.6) is 0 Å². The Morgan fingerprint density at radius 1 is 1.12 bits per heavy atom. The summed E-state index contributed by atoms with van der Waals surface area (Å²) >= 11 is 1.37. The van der Waals surface area contributed by atoms with Crippen molar-refractivity contribution in [3.63, 3.8) is 0 Å². The second kappa shape index (κ2) is 11.5. The number of aromatic nitrogens is 2. The molecule has 40 heavy (non-hydrogen) atoms. The van der Waals surface area contributed by atoms with Crippen molar-refractivity contribution in [2.24, 2.45) is 0 Å². The van der Waals surface area contributed by atoms with Gasteiger partial charge in [0.25, 0.3) is 10.0 Å². The number of hydrogen-bond acceptors (Lipinski definition) is 7. The molecule has 0 saturated carbocycles. The SMILES string of the molecule is COCN(c1cccc(-c2nc(C3CCOCC3)sc2-c2cc[n+]([O-])cc2)c1F)S(=O)(=O)c1cc(F)ccc1F. The van der Waals surface area contributed by atoms with Gasteiger partial charge < -0.3 is 14.7 Å². The van der Waals surface area contributed by atoms with E-state index in [1.165, 1.54) is 49.0 Å². The van der Waals surface area contributed by atoms with Crippen molar-refractivity contribution in [2.45, 2.75) is 23.7 Å². The third kappa shape index (κ3) is 5.42. The van der Waals surface area contributed by atoms with Gasteiger partial charge in [-0.25, -0.2) is 30.9 Å². The standard InChI is InChI=1S/C27H24F3N3O5S2/c1-37-16-33(40(35,36)23-15-19(28)5-6-21(23)29)22-4-2-3-20(24(22)30)25-26(17-7-11-32(34)12-8-17)39-27(31-25)18-9-13-38-14-10-18/h2-8,11-12,15,18H,9-10,13-14,16H2,1H3. The van der Waals surface area contributed by atoms with Crippen LogP contribution >= 0.6 is 11.3 Å². The third-order valence-electron chi connectivity index (χ3n) is 6.49. The first kappa shape index (κ1) is 28.0. The first-order chi connectivity index (χ1) is 19.2. The molecule has 2 aromatic heterocycles. The summed E-state index contributed by atoms with van der Waals surface area (Å²) in [6.45, 7) is 0.472. The van der Waals surface area contributed by atoms with Crippen molar-refractivity contribution < 1.29 is 35.8 Å². The number of hydrogen-bond donors (Lipinski definition) is 0. The lowest BCUT2D eigenvalue weighted by molar-refractivity contribution is -0.605. The minimum atomic E-state index is -4.79. The summed E-state index contributed by atoms with van der Waals surface area (Å²) in [5.74, 6) is -3.02. The predicted molar refractivity (Wildman–Crippen MR) is 143 cm³/mol. The number of halogens is 3. The van der Waals surface area contributed by atoms with Gasteiger partial charge in [0.15, 0.2) is 18.2 Å². The molecule has 0 unspecified atom stereocenters. The van der Waals surface area contributed by atoms with Crippen molar-refractivity contribution in [3.05, 3.63) is 88.6 Å². The summed E-state index contributed by atoms with van der Waals surface area (Å²) in [7, 11) is -3.59. The number of pyridine rings is 1. The summed E-state index contributed by atoms with van der Waals surface area (Å²) in [5.41, 5.74) is 0.462. The van der Waals surface area contributed by atoms with Crippen molar-refractivity contribution >= 4 is 27.0 Å². The number of sulfonamides is 1. The first-order valence-electron chi connectivity index (χ1n) is 12.2. The molecule has 210 valence electrons. The lowest BCUT2D eigenvalue weighted by atomic mass is 10.0. The van der Waals surface area contributed by atoms with E-state index in [0.29, 0.717) is 44.8 Å². The molecule has 5 rings (SSSR count). The molecule has 1 saturated heterocycles. The van der Waals surface area contributed by atoms with Crippen LogP contribution in [0, 0.1) is 22.7 Å². The summed E-state index contributed by atoms with van der Waals surface area (Å²) in [6, 6.07) is 9.30. The Hall–Kier alpha value is -3.52.